The van der Waals surface area contributed by atoms with Crippen LogP contribution >= 0.6 is 0 Å². The Hall–Kier alpha value is -8.94. The van der Waals surface area contributed by atoms with E-state index in [0.29, 0.717) is 11.5 Å². The Morgan fingerprint density at radius 2 is 0.771 bits per heavy atom. The number of aromatic nitrogens is 4. The van der Waals surface area contributed by atoms with Crippen molar-refractivity contribution in [3.8, 4) is 23.0 Å². The molecule has 20 heteroatoms. The van der Waals surface area contributed by atoms with Crippen molar-refractivity contribution >= 4 is 35.8 Å². The van der Waals surface area contributed by atoms with Gasteiger partial charge < -0.3 is 48.8 Å². The predicted octanol–water partition coefficient (Wildman–Crippen LogP) is 7.29. The fourth-order valence-electron chi connectivity index (χ4n) is 4.82. The van der Waals surface area contributed by atoms with Crippen LogP contribution in [-0.4, -0.2) is 101 Å². The molecular weight excluding hydrogens is 913 g/mol. The zero-order valence-electron chi connectivity index (χ0n) is 39.0. The first-order valence-electron chi connectivity index (χ1n) is 20.9. The molecule has 4 heterocycles. The first-order chi connectivity index (χ1) is 33.1. The Morgan fingerprint density at radius 3 is 1.07 bits per heavy atom. The van der Waals surface area contributed by atoms with Crippen molar-refractivity contribution in [2.45, 2.75) is 66.0 Å². The second-order valence-corrected chi connectivity index (χ2v) is 16.0. The molecule has 0 aliphatic rings. The average molecular weight is 965 g/mol. The van der Waals surface area contributed by atoms with Gasteiger partial charge in [-0.05, 0) is 101 Å². The largest absolute Gasteiger partial charge is 0.506 e. The number of ether oxygens (including phenoxy) is 6. The highest BCUT2D eigenvalue weighted by Gasteiger charge is 2.18. The maximum Gasteiger partial charge on any atom is 0.357 e. The number of aromatic carboxylic acids is 2. The molecule has 4 N–H and O–H groups in total. The van der Waals surface area contributed by atoms with Crippen LogP contribution in [0.15, 0.2) is 134 Å². The second-order valence-electron chi connectivity index (χ2n) is 16.0. The van der Waals surface area contributed by atoms with Crippen LogP contribution in [-0.2, 0) is 41.8 Å². The smallest absolute Gasteiger partial charge is 0.357 e. The van der Waals surface area contributed by atoms with Crippen molar-refractivity contribution in [1.82, 2.24) is 19.9 Å². The lowest BCUT2D eigenvalue weighted by atomic mass is 10.2. The normalized spacial score (nSPS) is 10.4. The summed E-state index contributed by atoms with van der Waals surface area (Å²) in [6, 6.07) is 29.9. The van der Waals surface area contributed by atoms with Gasteiger partial charge in [0.15, 0.2) is 13.2 Å². The molecule has 0 saturated carbocycles. The molecule has 0 unspecified atom stereocenters. The summed E-state index contributed by atoms with van der Waals surface area (Å²) >= 11 is 0. The summed E-state index contributed by atoms with van der Waals surface area (Å²) in [4.78, 5) is 82.0. The quantitative estimate of drug-likeness (QED) is 0.0615. The zero-order valence-corrected chi connectivity index (χ0v) is 39.0. The topological polar surface area (TPSA) is 290 Å². The summed E-state index contributed by atoms with van der Waals surface area (Å²) in [5.74, 6) is -3.56. The Morgan fingerprint density at radius 1 is 0.443 bits per heavy atom. The Kier molecular flexibility index (Phi) is 21.9. The number of aromatic hydroxyl groups is 2. The van der Waals surface area contributed by atoms with Gasteiger partial charge in [-0.25, -0.2) is 48.7 Å². The number of pyridine rings is 4. The van der Waals surface area contributed by atoms with E-state index in [1.807, 2.05) is 60.7 Å². The molecule has 6 rings (SSSR count). The summed E-state index contributed by atoms with van der Waals surface area (Å²) in [7, 11) is 0. The molecule has 0 spiro atoms. The van der Waals surface area contributed by atoms with E-state index in [9.17, 15) is 28.8 Å². The lowest BCUT2D eigenvalue weighted by molar-refractivity contribution is -0.158. The van der Waals surface area contributed by atoms with Crippen LogP contribution in [0.2, 0.25) is 0 Å². The van der Waals surface area contributed by atoms with Crippen molar-refractivity contribution in [2.75, 3.05) is 13.2 Å². The minimum absolute atomic E-state index is 0.0182. The van der Waals surface area contributed by atoms with Crippen LogP contribution in [0.25, 0.3) is 0 Å². The molecule has 0 atom stereocenters. The van der Waals surface area contributed by atoms with Gasteiger partial charge in [0, 0.05) is 0 Å². The predicted molar refractivity (Wildman–Crippen MR) is 248 cm³/mol. The van der Waals surface area contributed by atoms with Gasteiger partial charge in [0.2, 0.25) is 0 Å². The van der Waals surface area contributed by atoms with Crippen LogP contribution in [0.3, 0.4) is 0 Å². The van der Waals surface area contributed by atoms with Crippen LogP contribution in [0.5, 0.6) is 23.0 Å². The van der Waals surface area contributed by atoms with Crippen LogP contribution in [0.4, 0.5) is 0 Å². The molecule has 6 aromatic rings. The Bertz CT molecular complexity index is 2580. The molecule has 0 aliphatic heterocycles. The third kappa shape index (κ3) is 23.0. The number of benzene rings is 2. The second kappa shape index (κ2) is 27.6. The van der Waals surface area contributed by atoms with Gasteiger partial charge in [-0.15, -0.1) is 0 Å². The molecule has 2 aromatic carbocycles. The van der Waals surface area contributed by atoms with E-state index >= 15 is 0 Å². The number of rotatable bonds is 14. The standard InChI is InChI=1S/C19H21NO5.C13H11NO3.C12H15NO5.C6H5NO3/c1-19(2,3)25-17(21)13-23-15-9-10-16(20-11-15)18(22)24-12-14-7-5-4-6-8-14;15-11-6-7-12(14-8-11)13(16)17-9-10-4-2-1-3-5-10;1-12(2,3)18-10(14)7-17-8-4-5-9(11(15)16)13-6-8;8-4-1-2-5(6(9)10)7-3-4/h4-11H,12-13H2,1-3H3;1-8,15H,9H2;4-6H,7H2,1-3H3,(H,15,16);1-3,8H,(H,9,10). The molecule has 0 saturated heterocycles. The molecule has 0 radical (unpaired) electrons. The van der Waals surface area contributed by atoms with Gasteiger partial charge in [-0.3, -0.25) is 0 Å². The van der Waals surface area contributed by atoms with Gasteiger partial charge >= 0.3 is 35.8 Å². The van der Waals surface area contributed by atoms with Crippen molar-refractivity contribution in [1.29, 1.82) is 0 Å². The van der Waals surface area contributed by atoms with E-state index in [-0.39, 0.29) is 60.7 Å². The number of hydrogen-bond donors (Lipinski definition) is 4. The number of carboxylic acid groups (broad SMARTS) is 2. The van der Waals surface area contributed by atoms with Crippen molar-refractivity contribution in [3.05, 3.63) is 168 Å². The summed E-state index contributed by atoms with van der Waals surface area (Å²) in [6.45, 7) is 10.5. The fraction of sp³-hybridized carbons (Fsp3) is 0.240. The van der Waals surface area contributed by atoms with Gasteiger partial charge in [-0.1, -0.05) is 60.7 Å². The minimum Gasteiger partial charge on any atom is -0.506 e. The monoisotopic (exact) mass is 964 g/mol. The number of carbonyl (C=O) groups excluding carboxylic acids is 4. The van der Waals surface area contributed by atoms with Gasteiger partial charge in [0.05, 0.1) is 24.8 Å². The SMILES string of the molecule is CC(C)(C)OC(=O)COc1ccc(C(=O)O)nc1.CC(C)(C)OC(=O)COc1ccc(C(=O)OCc2ccccc2)nc1.O=C(O)c1ccc(O)cn1.O=C(OCc1ccccc1)c1ccc(O)cn1. The summed E-state index contributed by atoms with van der Waals surface area (Å²) in [6.07, 6.45) is 4.90. The highest BCUT2D eigenvalue weighted by atomic mass is 16.6. The molecule has 0 bridgehead atoms. The first-order valence-corrected chi connectivity index (χ1v) is 20.9. The third-order valence-electron chi connectivity index (χ3n) is 7.80. The van der Waals surface area contributed by atoms with Gasteiger partial charge in [0.25, 0.3) is 0 Å². The minimum atomic E-state index is -1.12. The molecule has 70 heavy (non-hydrogen) atoms. The third-order valence-corrected chi connectivity index (χ3v) is 7.80. The van der Waals surface area contributed by atoms with E-state index in [2.05, 4.69) is 19.9 Å². The lowest BCUT2D eigenvalue weighted by Gasteiger charge is -2.19. The lowest BCUT2D eigenvalue weighted by Crippen LogP contribution is -2.27. The van der Waals surface area contributed by atoms with Gasteiger partial charge in [0.1, 0.15) is 70.2 Å². The van der Waals surface area contributed by atoms with Crippen molar-refractivity contribution in [3.63, 3.8) is 0 Å². The van der Waals surface area contributed by atoms with E-state index < -0.39 is 47.0 Å². The Labute approximate surface area is 402 Å². The van der Waals surface area contributed by atoms with Crippen molar-refractivity contribution in [2.24, 2.45) is 0 Å². The molecule has 0 amide bonds. The summed E-state index contributed by atoms with van der Waals surface area (Å²) in [5.41, 5.74) is 0.876. The highest BCUT2D eigenvalue weighted by Crippen LogP contribution is 2.15. The molecule has 368 valence electrons. The fourth-order valence-corrected chi connectivity index (χ4v) is 4.82. The van der Waals surface area contributed by atoms with E-state index in [4.69, 9.17) is 48.8 Å². The molecular formula is C50H52N4O16. The zero-order chi connectivity index (χ0) is 51.7. The van der Waals surface area contributed by atoms with E-state index in [0.717, 1.165) is 17.3 Å². The Balaban J connectivity index is 0.000000257. The van der Waals surface area contributed by atoms with E-state index in [1.165, 1.54) is 61.1 Å². The van der Waals surface area contributed by atoms with Crippen molar-refractivity contribution < 1.29 is 77.6 Å². The van der Waals surface area contributed by atoms with Crippen LogP contribution < -0.4 is 9.47 Å². The van der Waals surface area contributed by atoms with Gasteiger partial charge in [-0.2, -0.15) is 0 Å². The van der Waals surface area contributed by atoms with E-state index in [1.54, 1.807) is 47.6 Å². The number of carbonyl (C=O) groups is 6. The van der Waals surface area contributed by atoms with Crippen LogP contribution in [0.1, 0.15) is 94.6 Å². The molecule has 0 fully saturated rings. The summed E-state index contributed by atoms with van der Waals surface area (Å²) < 4.78 is 30.8. The summed E-state index contributed by atoms with van der Waals surface area (Å²) in [5, 5.41) is 34.7. The number of nitrogens with zero attached hydrogens (tertiary/aromatic N) is 4. The highest BCUT2D eigenvalue weighted by molar-refractivity contribution is 5.88. The van der Waals surface area contributed by atoms with Crippen LogP contribution in [0, 0.1) is 0 Å². The number of hydrogen-bond acceptors (Lipinski definition) is 18. The number of carboxylic acids is 2. The average Bonchev–Trinajstić information content (AvgIpc) is 3.32. The maximum absolute atomic E-state index is 12.0. The first kappa shape index (κ1) is 55.4. The number of esters is 4. The maximum atomic E-state index is 12.0. The molecule has 4 aromatic heterocycles. The molecule has 0 aliphatic carbocycles. The molecule has 20 nitrogen and oxygen atoms in total.